The van der Waals surface area contributed by atoms with Gasteiger partial charge in [-0.3, -0.25) is 0 Å². The first-order chi connectivity index (χ1) is 4.41. The Bertz CT molecular complexity index is 46.3. The summed E-state index contributed by atoms with van der Waals surface area (Å²) in [6.45, 7) is 1.81. The van der Waals surface area contributed by atoms with E-state index in [2.05, 4.69) is 0 Å². The van der Waals surface area contributed by atoms with Crippen LogP contribution in [0.2, 0.25) is 9.45 Å². The topological polar surface area (TPSA) is 35.2 Å². The zero-order chi connectivity index (χ0) is 6.95. The van der Waals surface area contributed by atoms with E-state index in [9.17, 15) is 0 Å². The monoisotopic (exact) mass is 165 g/mol. The van der Waals surface area contributed by atoms with Crippen LogP contribution in [0.5, 0.6) is 0 Å². The van der Waals surface area contributed by atoms with Gasteiger partial charge in [-0.25, -0.2) is 0 Å². The first-order valence-electron chi connectivity index (χ1n) is 3.31. The van der Waals surface area contributed by atoms with Gasteiger partial charge in [-0.2, -0.15) is 0 Å². The van der Waals surface area contributed by atoms with Gasteiger partial charge in [0.05, 0.1) is 0 Å². The van der Waals surface area contributed by atoms with Crippen molar-refractivity contribution in [3.63, 3.8) is 0 Å². The van der Waals surface area contributed by atoms with Crippen LogP contribution in [0.15, 0.2) is 0 Å². The molecule has 2 N–H and O–H groups in total. The van der Waals surface area contributed by atoms with Crippen LogP contribution in [0, 0.1) is 0 Å². The van der Waals surface area contributed by atoms with Crippen molar-refractivity contribution in [3.8, 4) is 0 Å². The van der Waals surface area contributed by atoms with Crippen molar-refractivity contribution in [1.82, 2.24) is 0 Å². The quantitative estimate of drug-likeness (QED) is 0.468. The maximum atomic E-state index is 5.33. The standard InChI is InChI=1S/C3H8N.C3H7O.Ti/c1-2-3-4;1-3-4-2;/h1-4H2;1,3H2,2H3;. The van der Waals surface area contributed by atoms with Crippen LogP contribution in [0.25, 0.3) is 0 Å². The molecule has 0 saturated heterocycles. The molecule has 9 heavy (non-hydrogen) atoms. The molecule has 0 fully saturated rings. The van der Waals surface area contributed by atoms with Gasteiger partial charge in [0.2, 0.25) is 0 Å². The van der Waals surface area contributed by atoms with Gasteiger partial charge in [0.15, 0.2) is 0 Å². The molecule has 0 radical (unpaired) electrons. The molecule has 0 spiro atoms. The van der Waals surface area contributed by atoms with Crippen molar-refractivity contribution in [2.24, 2.45) is 5.73 Å². The fraction of sp³-hybridized carbons (Fsp3) is 1.00. The van der Waals surface area contributed by atoms with Crippen molar-refractivity contribution in [1.29, 1.82) is 0 Å². The molecule has 2 nitrogen and oxygen atoms in total. The van der Waals surface area contributed by atoms with E-state index in [4.69, 9.17) is 10.5 Å². The summed E-state index contributed by atoms with van der Waals surface area (Å²) >= 11 is 0.291. The second-order valence-corrected chi connectivity index (χ2v) is 4.23. The molecule has 3 heteroatoms. The molecule has 0 aliphatic carbocycles. The minimum atomic E-state index is 0.291. The predicted molar refractivity (Wildman–Crippen MR) is 35.2 cm³/mol. The van der Waals surface area contributed by atoms with E-state index in [1.165, 1.54) is 15.9 Å². The third kappa shape index (κ3) is 8.63. The summed E-state index contributed by atoms with van der Waals surface area (Å²) in [5.41, 5.74) is 5.33. The van der Waals surface area contributed by atoms with E-state index in [0.29, 0.717) is 19.2 Å². The van der Waals surface area contributed by atoms with E-state index in [1.807, 2.05) is 0 Å². The molecule has 54 valence electrons. The third-order valence-corrected chi connectivity index (χ3v) is 3.02. The van der Waals surface area contributed by atoms with Crippen LogP contribution in [0.1, 0.15) is 6.42 Å². The summed E-state index contributed by atoms with van der Waals surface area (Å²) in [5.74, 6) is 0. The molecule has 0 atom stereocenters. The number of nitrogens with two attached hydrogens (primary N) is 1. The van der Waals surface area contributed by atoms with Crippen molar-refractivity contribution in [2.75, 3.05) is 20.3 Å². The summed E-state index contributed by atoms with van der Waals surface area (Å²) in [4.78, 5) is 0. The Balaban J connectivity index is 2.60. The van der Waals surface area contributed by atoms with Crippen LogP contribution >= 0.6 is 0 Å². The molecule has 0 aromatic heterocycles. The van der Waals surface area contributed by atoms with Gasteiger partial charge in [0.1, 0.15) is 0 Å². The molecule has 0 heterocycles. The molecule has 0 aliphatic heterocycles. The first kappa shape index (κ1) is 9.63. The summed E-state index contributed by atoms with van der Waals surface area (Å²) in [5, 5.41) is 0. The van der Waals surface area contributed by atoms with Gasteiger partial charge in [0, 0.05) is 0 Å². The fourth-order valence-corrected chi connectivity index (χ4v) is 2.17. The van der Waals surface area contributed by atoms with Gasteiger partial charge >= 0.3 is 65.8 Å². The van der Waals surface area contributed by atoms with Gasteiger partial charge < -0.3 is 0 Å². The Morgan fingerprint density at radius 3 is 2.78 bits per heavy atom. The van der Waals surface area contributed by atoms with E-state index in [1.54, 1.807) is 7.11 Å². The number of methoxy groups -OCH3 is 1. The Morgan fingerprint density at radius 2 is 2.22 bits per heavy atom. The molecule has 0 rings (SSSR count). The summed E-state index contributed by atoms with van der Waals surface area (Å²) in [6.07, 6.45) is 1.21. The minimum absolute atomic E-state index is 0.291. The average Bonchev–Trinajstić information content (AvgIpc) is 1.89. The molecule has 0 aromatic carbocycles. The van der Waals surface area contributed by atoms with E-state index >= 15 is 0 Å². The third-order valence-electron chi connectivity index (χ3n) is 1.04. The number of ether oxygens (including phenoxy) is 1. The first-order valence-corrected chi connectivity index (χ1v) is 5.52. The Kier molecular flexibility index (Phi) is 9.24. The van der Waals surface area contributed by atoms with Crippen molar-refractivity contribution >= 4 is 0 Å². The predicted octanol–water partition coefficient (Wildman–Crippen LogP) is 0.901. The number of rotatable bonds is 6. The van der Waals surface area contributed by atoms with E-state index in [0.717, 1.165) is 13.2 Å². The van der Waals surface area contributed by atoms with Crippen LogP contribution < -0.4 is 5.73 Å². The van der Waals surface area contributed by atoms with E-state index < -0.39 is 0 Å². The molecule has 0 aromatic rings. The van der Waals surface area contributed by atoms with E-state index in [-0.39, 0.29) is 0 Å². The summed E-state index contributed by atoms with van der Waals surface area (Å²) < 4.78 is 7.60. The molecule has 0 unspecified atom stereocenters. The number of hydrogen-bond acceptors (Lipinski definition) is 2. The zero-order valence-electron chi connectivity index (χ0n) is 6.02. The van der Waals surface area contributed by atoms with Crippen molar-refractivity contribution in [3.05, 3.63) is 0 Å². The Labute approximate surface area is 66.1 Å². The second kappa shape index (κ2) is 8.63. The fourth-order valence-electron chi connectivity index (χ4n) is 0.526. The summed E-state index contributed by atoms with van der Waals surface area (Å²) in [6, 6.07) is 0. The molecule has 0 saturated carbocycles. The Morgan fingerprint density at radius 1 is 1.44 bits per heavy atom. The molecule has 0 aliphatic rings. The summed E-state index contributed by atoms with van der Waals surface area (Å²) in [7, 11) is 1.76. The molecule has 0 bridgehead atoms. The molecular weight excluding hydrogens is 150 g/mol. The molecular formula is C6H15NOTi. The number of hydrogen-bond donors (Lipinski definition) is 1. The van der Waals surface area contributed by atoms with Gasteiger partial charge in [-0.05, 0) is 0 Å². The van der Waals surface area contributed by atoms with Crippen molar-refractivity contribution < 1.29 is 23.9 Å². The maximum absolute atomic E-state index is 5.33. The van der Waals surface area contributed by atoms with Gasteiger partial charge in [0.25, 0.3) is 0 Å². The van der Waals surface area contributed by atoms with Gasteiger partial charge in [-0.1, -0.05) is 0 Å². The SMILES string of the molecule is COC[CH2][Ti][CH2]CCN. The zero-order valence-corrected chi connectivity index (χ0v) is 7.58. The van der Waals surface area contributed by atoms with Crippen LogP contribution in [-0.4, -0.2) is 20.3 Å². The average molecular weight is 165 g/mol. The second-order valence-electron chi connectivity index (χ2n) is 1.89. The van der Waals surface area contributed by atoms with Crippen LogP contribution in [0.4, 0.5) is 0 Å². The van der Waals surface area contributed by atoms with Crippen LogP contribution in [0.3, 0.4) is 0 Å². The van der Waals surface area contributed by atoms with Crippen LogP contribution in [-0.2, 0) is 23.9 Å². The van der Waals surface area contributed by atoms with Gasteiger partial charge in [-0.15, -0.1) is 0 Å². The van der Waals surface area contributed by atoms with Crippen molar-refractivity contribution in [2.45, 2.75) is 15.9 Å². The normalized spacial score (nSPS) is 9.56. The Hall–Kier alpha value is 0.634. The molecule has 0 amide bonds.